The Bertz CT molecular complexity index is 178. The van der Waals surface area contributed by atoms with Crippen molar-refractivity contribution in [2.45, 2.75) is 39.2 Å². The molecule has 0 amide bonds. The van der Waals surface area contributed by atoms with Gasteiger partial charge in [-0.15, -0.1) is 0 Å². The van der Waals surface area contributed by atoms with Gasteiger partial charge in [-0.25, -0.2) is 0 Å². The van der Waals surface area contributed by atoms with Gasteiger partial charge in [-0.3, -0.25) is 0 Å². The van der Waals surface area contributed by atoms with Gasteiger partial charge in [0.15, 0.2) is 0 Å². The molecular weight excluding hydrogens is 188 g/mol. The summed E-state index contributed by atoms with van der Waals surface area (Å²) in [6.45, 7) is 8.48. The van der Waals surface area contributed by atoms with Crippen molar-refractivity contribution in [3.63, 3.8) is 0 Å². The van der Waals surface area contributed by atoms with Crippen molar-refractivity contribution >= 4 is 0 Å². The number of rotatable bonds is 5. The fourth-order valence-corrected chi connectivity index (χ4v) is 2.40. The van der Waals surface area contributed by atoms with Crippen LogP contribution in [0.2, 0.25) is 0 Å². The van der Waals surface area contributed by atoms with Gasteiger partial charge < -0.3 is 15.3 Å². The summed E-state index contributed by atoms with van der Waals surface area (Å²) in [6.07, 6.45) is 3.71. The topological polar surface area (TPSA) is 35.5 Å². The van der Waals surface area contributed by atoms with Crippen LogP contribution in [0.25, 0.3) is 0 Å². The third kappa shape index (κ3) is 4.49. The molecule has 1 heterocycles. The minimum absolute atomic E-state index is 0.244. The van der Waals surface area contributed by atoms with Crippen LogP contribution in [0.1, 0.15) is 33.1 Å². The highest BCUT2D eigenvalue weighted by Crippen LogP contribution is 2.28. The largest absolute Gasteiger partial charge is 0.395 e. The van der Waals surface area contributed by atoms with E-state index in [0.29, 0.717) is 5.41 Å². The maximum atomic E-state index is 9.08. The SMILES string of the molecule is CNC(CO)CCN1CCCC(C)(C)C1. The first kappa shape index (κ1) is 12.9. The number of hydrogen-bond acceptors (Lipinski definition) is 3. The van der Waals surface area contributed by atoms with E-state index < -0.39 is 0 Å². The van der Waals surface area contributed by atoms with Gasteiger partial charge in [-0.2, -0.15) is 0 Å². The second-order valence-corrected chi connectivity index (χ2v) is 5.50. The molecule has 3 heteroatoms. The Balaban J connectivity index is 2.26. The zero-order valence-electron chi connectivity index (χ0n) is 10.4. The van der Waals surface area contributed by atoms with Crippen LogP contribution in [-0.2, 0) is 0 Å². The number of nitrogens with one attached hydrogen (secondary N) is 1. The van der Waals surface area contributed by atoms with E-state index >= 15 is 0 Å². The fourth-order valence-electron chi connectivity index (χ4n) is 2.40. The molecule has 3 nitrogen and oxygen atoms in total. The molecule has 0 aliphatic carbocycles. The number of nitrogens with zero attached hydrogens (tertiary/aromatic N) is 1. The van der Waals surface area contributed by atoms with Crippen LogP contribution in [0.4, 0.5) is 0 Å². The minimum Gasteiger partial charge on any atom is -0.395 e. The lowest BCUT2D eigenvalue weighted by atomic mass is 9.84. The van der Waals surface area contributed by atoms with Gasteiger partial charge in [0.25, 0.3) is 0 Å². The van der Waals surface area contributed by atoms with Crippen molar-refractivity contribution in [3.8, 4) is 0 Å². The van der Waals surface area contributed by atoms with Gasteiger partial charge >= 0.3 is 0 Å². The highest BCUT2D eigenvalue weighted by Gasteiger charge is 2.26. The maximum absolute atomic E-state index is 9.08. The van der Waals surface area contributed by atoms with E-state index in [2.05, 4.69) is 24.1 Å². The molecule has 0 bridgehead atoms. The molecule has 0 radical (unpaired) electrons. The Hall–Kier alpha value is -0.120. The normalized spacial score (nSPS) is 24.0. The van der Waals surface area contributed by atoms with E-state index in [-0.39, 0.29) is 12.6 Å². The van der Waals surface area contributed by atoms with E-state index in [1.165, 1.54) is 25.9 Å². The van der Waals surface area contributed by atoms with Crippen molar-refractivity contribution in [1.82, 2.24) is 10.2 Å². The Labute approximate surface area is 93.9 Å². The first-order valence-corrected chi connectivity index (χ1v) is 6.08. The lowest BCUT2D eigenvalue weighted by molar-refractivity contribution is 0.109. The monoisotopic (exact) mass is 214 g/mol. The molecule has 90 valence electrons. The lowest BCUT2D eigenvalue weighted by Gasteiger charge is -2.38. The summed E-state index contributed by atoms with van der Waals surface area (Å²) in [5.41, 5.74) is 0.479. The molecule has 0 saturated carbocycles. The zero-order chi connectivity index (χ0) is 11.3. The summed E-state index contributed by atoms with van der Waals surface area (Å²) in [7, 11) is 1.92. The lowest BCUT2D eigenvalue weighted by Crippen LogP contribution is -2.42. The van der Waals surface area contributed by atoms with Crippen LogP contribution in [0, 0.1) is 5.41 Å². The van der Waals surface area contributed by atoms with Gasteiger partial charge in [-0.1, -0.05) is 13.8 Å². The summed E-state index contributed by atoms with van der Waals surface area (Å²) >= 11 is 0. The smallest absolute Gasteiger partial charge is 0.0585 e. The van der Waals surface area contributed by atoms with Crippen LogP contribution in [-0.4, -0.2) is 49.3 Å². The summed E-state index contributed by atoms with van der Waals surface area (Å²) in [6, 6.07) is 0.259. The second kappa shape index (κ2) is 5.83. The quantitative estimate of drug-likeness (QED) is 0.719. The van der Waals surface area contributed by atoms with Crippen molar-refractivity contribution in [3.05, 3.63) is 0 Å². The van der Waals surface area contributed by atoms with Crippen LogP contribution < -0.4 is 5.32 Å². The predicted octanol–water partition coefficient (Wildman–Crippen LogP) is 1.08. The van der Waals surface area contributed by atoms with Crippen molar-refractivity contribution in [2.24, 2.45) is 5.41 Å². The molecule has 1 aliphatic heterocycles. The molecule has 15 heavy (non-hydrogen) atoms. The number of hydrogen-bond donors (Lipinski definition) is 2. The van der Waals surface area contributed by atoms with Crippen molar-refractivity contribution in [1.29, 1.82) is 0 Å². The van der Waals surface area contributed by atoms with E-state index in [0.717, 1.165) is 13.0 Å². The molecule has 1 saturated heterocycles. The molecule has 1 unspecified atom stereocenters. The molecule has 1 fully saturated rings. The second-order valence-electron chi connectivity index (χ2n) is 5.50. The first-order chi connectivity index (χ1) is 7.07. The molecule has 1 atom stereocenters. The number of aliphatic hydroxyl groups is 1. The molecule has 1 aliphatic rings. The van der Waals surface area contributed by atoms with Gasteiger partial charge in [0.2, 0.25) is 0 Å². The Kier molecular flexibility index (Phi) is 5.03. The molecule has 1 rings (SSSR count). The minimum atomic E-state index is 0.244. The van der Waals surface area contributed by atoms with E-state index in [1.54, 1.807) is 0 Å². The highest BCUT2D eigenvalue weighted by molar-refractivity contribution is 4.80. The Morgan fingerprint density at radius 1 is 1.47 bits per heavy atom. The maximum Gasteiger partial charge on any atom is 0.0585 e. The number of likely N-dealkylation sites (N-methyl/N-ethyl adjacent to an activating group) is 1. The van der Waals surface area contributed by atoms with E-state index in [4.69, 9.17) is 5.11 Å². The van der Waals surface area contributed by atoms with Crippen molar-refractivity contribution < 1.29 is 5.11 Å². The zero-order valence-corrected chi connectivity index (χ0v) is 10.4. The number of aliphatic hydroxyl groups excluding tert-OH is 1. The number of likely N-dealkylation sites (tertiary alicyclic amines) is 1. The van der Waals surface area contributed by atoms with Crippen LogP contribution >= 0.6 is 0 Å². The average molecular weight is 214 g/mol. The van der Waals surface area contributed by atoms with Crippen LogP contribution in [0.5, 0.6) is 0 Å². The molecule has 0 aromatic rings. The Morgan fingerprint density at radius 2 is 2.20 bits per heavy atom. The van der Waals surface area contributed by atoms with E-state index in [1.807, 2.05) is 7.05 Å². The fraction of sp³-hybridized carbons (Fsp3) is 1.00. The van der Waals surface area contributed by atoms with Gasteiger partial charge in [0, 0.05) is 12.6 Å². The molecular formula is C12H26N2O. The van der Waals surface area contributed by atoms with Crippen LogP contribution in [0.15, 0.2) is 0 Å². The third-order valence-electron chi connectivity index (χ3n) is 3.40. The van der Waals surface area contributed by atoms with Gasteiger partial charge in [0.1, 0.15) is 0 Å². The molecule has 0 spiro atoms. The Morgan fingerprint density at radius 3 is 2.73 bits per heavy atom. The first-order valence-electron chi connectivity index (χ1n) is 6.08. The molecule has 2 N–H and O–H groups in total. The highest BCUT2D eigenvalue weighted by atomic mass is 16.3. The molecule has 0 aromatic heterocycles. The van der Waals surface area contributed by atoms with Gasteiger partial charge in [0.05, 0.1) is 6.61 Å². The summed E-state index contributed by atoms with van der Waals surface area (Å²) in [4.78, 5) is 2.53. The third-order valence-corrected chi connectivity index (χ3v) is 3.40. The van der Waals surface area contributed by atoms with E-state index in [9.17, 15) is 0 Å². The van der Waals surface area contributed by atoms with Crippen molar-refractivity contribution in [2.75, 3.05) is 33.3 Å². The van der Waals surface area contributed by atoms with Gasteiger partial charge in [-0.05, 0) is 44.8 Å². The summed E-state index contributed by atoms with van der Waals surface area (Å²) in [5.74, 6) is 0. The standard InChI is InChI=1S/C12H26N2O/c1-12(2)6-4-7-14(10-12)8-5-11(9-15)13-3/h11,13,15H,4-10H2,1-3H3. The predicted molar refractivity (Wildman–Crippen MR) is 64.0 cm³/mol. The summed E-state index contributed by atoms with van der Waals surface area (Å²) in [5, 5.41) is 12.2. The summed E-state index contributed by atoms with van der Waals surface area (Å²) < 4.78 is 0. The average Bonchev–Trinajstić information content (AvgIpc) is 2.18. The number of piperidine rings is 1. The molecule has 0 aromatic carbocycles. The van der Waals surface area contributed by atoms with Crippen LogP contribution in [0.3, 0.4) is 0 Å².